The molecule has 0 unspecified atom stereocenters. The van der Waals surface area contributed by atoms with Crippen LogP contribution in [0.1, 0.15) is 24.5 Å². The summed E-state index contributed by atoms with van der Waals surface area (Å²) >= 11 is 0. The number of benzene rings is 1. The van der Waals surface area contributed by atoms with Gasteiger partial charge in [0.1, 0.15) is 0 Å². The van der Waals surface area contributed by atoms with Gasteiger partial charge in [0.05, 0.1) is 16.1 Å². The molecule has 0 atom stereocenters. The fraction of sp³-hybridized carbons (Fsp3) is 0.364. The number of nitro benzene ring substituents is 1. The normalized spacial score (nSPS) is 15.6. The van der Waals surface area contributed by atoms with Gasteiger partial charge < -0.3 is 0 Å². The topological polar surface area (TPSA) is 61.0 Å². The summed E-state index contributed by atoms with van der Waals surface area (Å²) < 4.78 is 1.80. The summed E-state index contributed by atoms with van der Waals surface area (Å²) in [5.41, 5.74) is 2.12. The second kappa shape index (κ2) is 3.04. The Hall–Kier alpha value is -1.91. The maximum atomic E-state index is 10.7. The Morgan fingerprint density at radius 2 is 2.25 bits per heavy atom. The SMILES string of the molecule is Cn1nc(C2CC2)c2cc([N+](=O)[O-])ccc21. The number of aromatic nitrogens is 2. The van der Waals surface area contributed by atoms with Gasteiger partial charge in [-0.2, -0.15) is 5.10 Å². The third-order valence-electron chi connectivity index (χ3n) is 3.04. The van der Waals surface area contributed by atoms with Crippen molar-refractivity contribution in [2.45, 2.75) is 18.8 Å². The van der Waals surface area contributed by atoms with Crippen molar-refractivity contribution >= 4 is 16.6 Å². The minimum Gasteiger partial charge on any atom is -0.268 e. The van der Waals surface area contributed by atoms with Crippen LogP contribution in [-0.2, 0) is 7.05 Å². The van der Waals surface area contributed by atoms with E-state index in [1.807, 2.05) is 7.05 Å². The molecule has 1 aliphatic rings. The van der Waals surface area contributed by atoms with E-state index < -0.39 is 0 Å². The Balaban J connectivity index is 2.26. The van der Waals surface area contributed by atoms with E-state index in [1.54, 1.807) is 16.8 Å². The highest BCUT2D eigenvalue weighted by Crippen LogP contribution is 2.42. The molecule has 16 heavy (non-hydrogen) atoms. The van der Waals surface area contributed by atoms with Crippen LogP contribution in [0.15, 0.2) is 18.2 Å². The molecule has 0 N–H and O–H groups in total. The Morgan fingerprint density at radius 3 is 2.88 bits per heavy atom. The molecule has 0 spiro atoms. The van der Waals surface area contributed by atoms with Crippen molar-refractivity contribution in [3.8, 4) is 0 Å². The molecule has 0 saturated heterocycles. The lowest BCUT2D eigenvalue weighted by Crippen LogP contribution is -1.90. The Kier molecular flexibility index (Phi) is 1.77. The van der Waals surface area contributed by atoms with Gasteiger partial charge in [0, 0.05) is 30.5 Å². The van der Waals surface area contributed by atoms with Gasteiger partial charge >= 0.3 is 0 Å². The summed E-state index contributed by atoms with van der Waals surface area (Å²) in [5, 5.41) is 16.1. The summed E-state index contributed by atoms with van der Waals surface area (Å²) in [6.45, 7) is 0. The predicted octanol–water partition coefficient (Wildman–Crippen LogP) is 2.36. The summed E-state index contributed by atoms with van der Waals surface area (Å²) in [6, 6.07) is 4.93. The first-order chi connectivity index (χ1) is 7.66. The average molecular weight is 217 g/mol. The van der Waals surface area contributed by atoms with Gasteiger partial charge in [-0.05, 0) is 18.9 Å². The van der Waals surface area contributed by atoms with Gasteiger partial charge in [-0.3, -0.25) is 14.8 Å². The van der Waals surface area contributed by atoms with Gasteiger partial charge in [0.15, 0.2) is 0 Å². The molecule has 2 aromatic rings. The molecule has 5 heteroatoms. The summed E-state index contributed by atoms with van der Waals surface area (Å²) in [6.07, 6.45) is 2.30. The molecular weight excluding hydrogens is 206 g/mol. The van der Waals surface area contributed by atoms with Crippen molar-refractivity contribution < 1.29 is 4.92 Å². The van der Waals surface area contributed by atoms with Crippen LogP contribution in [0.25, 0.3) is 10.9 Å². The highest BCUT2D eigenvalue weighted by atomic mass is 16.6. The first-order valence-corrected chi connectivity index (χ1v) is 5.28. The van der Waals surface area contributed by atoms with Crippen LogP contribution in [0.4, 0.5) is 5.69 Å². The zero-order valence-electron chi connectivity index (χ0n) is 8.88. The van der Waals surface area contributed by atoms with Crippen LogP contribution in [0.3, 0.4) is 0 Å². The standard InChI is InChI=1S/C11H11N3O2/c1-13-10-5-4-8(14(15)16)6-9(10)11(12-13)7-2-3-7/h4-7H,2-3H2,1H3. The van der Waals surface area contributed by atoms with Crippen LogP contribution < -0.4 is 0 Å². The first-order valence-electron chi connectivity index (χ1n) is 5.28. The van der Waals surface area contributed by atoms with Crippen molar-refractivity contribution in [1.29, 1.82) is 0 Å². The maximum absolute atomic E-state index is 10.7. The number of non-ortho nitro benzene ring substituents is 1. The van der Waals surface area contributed by atoms with E-state index in [0.717, 1.165) is 29.4 Å². The second-order valence-electron chi connectivity index (χ2n) is 4.24. The lowest BCUT2D eigenvalue weighted by molar-refractivity contribution is -0.384. The number of hydrogen-bond acceptors (Lipinski definition) is 3. The number of fused-ring (bicyclic) bond motifs is 1. The third-order valence-corrected chi connectivity index (χ3v) is 3.04. The van der Waals surface area contributed by atoms with E-state index in [9.17, 15) is 10.1 Å². The molecule has 0 aliphatic heterocycles. The molecule has 0 amide bonds. The van der Waals surface area contributed by atoms with Crippen LogP contribution in [0.5, 0.6) is 0 Å². The van der Waals surface area contributed by atoms with Crippen LogP contribution in [0.2, 0.25) is 0 Å². The quantitative estimate of drug-likeness (QED) is 0.573. The fourth-order valence-electron chi connectivity index (χ4n) is 2.05. The molecule has 1 aromatic heterocycles. The van der Waals surface area contributed by atoms with Crippen molar-refractivity contribution in [2.24, 2.45) is 7.05 Å². The Labute approximate surface area is 91.8 Å². The molecule has 82 valence electrons. The van der Waals surface area contributed by atoms with E-state index in [2.05, 4.69) is 5.10 Å². The molecule has 1 aliphatic carbocycles. The zero-order valence-corrected chi connectivity index (χ0v) is 8.88. The average Bonchev–Trinajstić information content (AvgIpc) is 3.04. The van der Waals surface area contributed by atoms with Crippen molar-refractivity contribution in [3.05, 3.63) is 34.0 Å². The highest BCUT2D eigenvalue weighted by molar-refractivity contribution is 5.85. The maximum Gasteiger partial charge on any atom is 0.270 e. The zero-order chi connectivity index (χ0) is 11.3. The number of nitro groups is 1. The van der Waals surface area contributed by atoms with E-state index in [4.69, 9.17) is 0 Å². The molecular formula is C11H11N3O2. The smallest absolute Gasteiger partial charge is 0.268 e. The fourth-order valence-corrected chi connectivity index (χ4v) is 2.05. The molecule has 1 heterocycles. The molecule has 1 saturated carbocycles. The lowest BCUT2D eigenvalue weighted by Gasteiger charge is -1.94. The van der Waals surface area contributed by atoms with Crippen LogP contribution in [-0.4, -0.2) is 14.7 Å². The molecule has 5 nitrogen and oxygen atoms in total. The predicted molar refractivity (Wildman–Crippen MR) is 59.3 cm³/mol. The van der Waals surface area contributed by atoms with Gasteiger partial charge in [-0.1, -0.05) is 0 Å². The Bertz CT molecular complexity index is 584. The van der Waals surface area contributed by atoms with Crippen molar-refractivity contribution in [3.63, 3.8) is 0 Å². The lowest BCUT2D eigenvalue weighted by atomic mass is 10.1. The molecule has 1 aromatic carbocycles. The van der Waals surface area contributed by atoms with Gasteiger partial charge in [0.25, 0.3) is 5.69 Å². The van der Waals surface area contributed by atoms with Gasteiger partial charge in [0.2, 0.25) is 0 Å². The van der Waals surface area contributed by atoms with Crippen LogP contribution >= 0.6 is 0 Å². The molecule has 0 bridgehead atoms. The van der Waals surface area contributed by atoms with Gasteiger partial charge in [-0.15, -0.1) is 0 Å². The van der Waals surface area contributed by atoms with Gasteiger partial charge in [-0.25, -0.2) is 0 Å². The molecule has 1 fully saturated rings. The van der Waals surface area contributed by atoms with E-state index in [-0.39, 0.29) is 10.6 Å². The second-order valence-corrected chi connectivity index (χ2v) is 4.24. The summed E-state index contributed by atoms with van der Waals surface area (Å²) in [7, 11) is 1.88. The molecule has 0 radical (unpaired) electrons. The van der Waals surface area contributed by atoms with Crippen LogP contribution in [0, 0.1) is 10.1 Å². The Morgan fingerprint density at radius 1 is 1.50 bits per heavy atom. The number of aryl methyl sites for hydroxylation is 1. The van der Waals surface area contributed by atoms with E-state index >= 15 is 0 Å². The minimum atomic E-state index is -0.358. The monoisotopic (exact) mass is 217 g/mol. The number of hydrogen-bond donors (Lipinski definition) is 0. The number of nitrogens with zero attached hydrogens (tertiary/aromatic N) is 3. The largest absolute Gasteiger partial charge is 0.270 e. The summed E-state index contributed by atoms with van der Waals surface area (Å²) in [4.78, 5) is 10.4. The van der Waals surface area contributed by atoms with Crippen molar-refractivity contribution in [1.82, 2.24) is 9.78 Å². The first kappa shape index (κ1) is 9.33. The molecule has 3 rings (SSSR count). The third kappa shape index (κ3) is 1.28. The highest BCUT2D eigenvalue weighted by Gasteiger charge is 2.29. The number of rotatable bonds is 2. The van der Waals surface area contributed by atoms with E-state index in [0.29, 0.717) is 5.92 Å². The van der Waals surface area contributed by atoms with Crippen molar-refractivity contribution in [2.75, 3.05) is 0 Å². The minimum absolute atomic E-state index is 0.141. The summed E-state index contributed by atoms with van der Waals surface area (Å²) in [5.74, 6) is 0.505. The van der Waals surface area contributed by atoms with E-state index in [1.165, 1.54) is 6.07 Å².